The van der Waals surface area contributed by atoms with Gasteiger partial charge in [-0.05, 0) is 46.2 Å². The number of fused-ring (bicyclic) bond motifs is 1. The van der Waals surface area contributed by atoms with E-state index in [4.69, 9.17) is 0 Å². The molecule has 0 aromatic rings. The van der Waals surface area contributed by atoms with Crippen molar-refractivity contribution in [2.75, 3.05) is 26.2 Å². The molecule has 0 saturated carbocycles. The van der Waals surface area contributed by atoms with Crippen LogP contribution in [0.4, 0.5) is 0 Å². The highest BCUT2D eigenvalue weighted by Crippen LogP contribution is 2.22. The highest BCUT2D eigenvalue weighted by molar-refractivity contribution is 4.82. The lowest BCUT2D eigenvalue weighted by molar-refractivity contribution is 0.154. The fourth-order valence-corrected chi connectivity index (χ4v) is 2.88. The van der Waals surface area contributed by atoms with Gasteiger partial charge in [-0.25, -0.2) is 0 Å². The Bertz CT molecular complexity index is 163. The number of rotatable bonds is 1. The first kappa shape index (κ1) is 10.4. The van der Waals surface area contributed by atoms with Crippen LogP contribution in [0.1, 0.15) is 39.5 Å². The zero-order chi connectivity index (χ0) is 9.97. The highest BCUT2D eigenvalue weighted by atomic mass is 15.2. The summed E-state index contributed by atoms with van der Waals surface area (Å²) in [5, 5.41) is 0. The summed E-state index contributed by atoms with van der Waals surface area (Å²) in [6.45, 7) is 9.92. The third-order valence-corrected chi connectivity index (χ3v) is 3.90. The molecule has 2 heteroatoms. The number of piperidine rings is 1. The third kappa shape index (κ3) is 2.29. The van der Waals surface area contributed by atoms with Gasteiger partial charge < -0.3 is 0 Å². The number of nitrogens with zero attached hydrogens (tertiary/aromatic N) is 2. The summed E-state index contributed by atoms with van der Waals surface area (Å²) in [5.74, 6) is 0. The average molecular weight is 196 g/mol. The van der Waals surface area contributed by atoms with E-state index in [1.54, 1.807) is 0 Å². The van der Waals surface area contributed by atoms with Gasteiger partial charge in [0.1, 0.15) is 0 Å². The summed E-state index contributed by atoms with van der Waals surface area (Å²) in [7, 11) is 0. The topological polar surface area (TPSA) is 6.48 Å². The van der Waals surface area contributed by atoms with Crippen molar-refractivity contribution in [3.8, 4) is 0 Å². The molecule has 0 N–H and O–H groups in total. The lowest BCUT2D eigenvalue weighted by Gasteiger charge is -2.33. The smallest absolute Gasteiger partial charge is 0.0112 e. The van der Waals surface area contributed by atoms with Crippen LogP contribution < -0.4 is 0 Å². The Labute approximate surface area is 88.3 Å². The van der Waals surface area contributed by atoms with Crippen molar-refractivity contribution in [1.29, 1.82) is 0 Å². The first-order valence-electron chi connectivity index (χ1n) is 6.25. The molecule has 2 rings (SSSR count). The predicted octanol–water partition coefficient (Wildman–Crippen LogP) is 1.95. The van der Waals surface area contributed by atoms with Crippen LogP contribution in [0.2, 0.25) is 0 Å². The van der Waals surface area contributed by atoms with Gasteiger partial charge >= 0.3 is 0 Å². The molecule has 1 atom stereocenters. The van der Waals surface area contributed by atoms with Crippen molar-refractivity contribution in [3.05, 3.63) is 0 Å². The summed E-state index contributed by atoms with van der Waals surface area (Å²) in [6, 6.07) is 1.64. The lowest BCUT2D eigenvalue weighted by Crippen LogP contribution is -2.40. The van der Waals surface area contributed by atoms with E-state index in [0.717, 1.165) is 12.1 Å². The van der Waals surface area contributed by atoms with Gasteiger partial charge in [0.15, 0.2) is 0 Å². The van der Waals surface area contributed by atoms with Gasteiger partial charge in [0.2, 0.25) is 0 Å². The first-order chi connectivity index (χ1) is 6.77. The summed E-state index contributed by atoms with van der Waals surface area (Å²) in [4.78, 5) is 5.37. The van der Waals surface area contributed by atoms with Gasteiger partial charge in [0.25, 0.3) is 0 Å². The van der Waals surface area contributed by atoms with Gasteiger partial charge in [-0.2, -0.15) is 0 Å². The van der Waals surface area contributed by atoms with Crippen LogP contribution in [0.25, 0.3) is 0 Å². The minimum absolute atomic E-state index is 0.733. The molecule has 0 aromatic heterocycles. The molecule has 0 bridgehead atoms. The zero-order valence-electron chi connectivity index (χ0n) is 9.71. The molecule has 2 saturated heterocycles. The molecule has 0 aromatic carbocycles. The minimum atomic E-state index is 0.733. The van der Waals surface area contributed by atoms with Crippen LogP contribution in [0.15, 0.2) is 0 Å². The molecule has 0 spiro atoms. The molecule has 1 unspecified atom stereocenters. The van der Waals surface area contributed by atoms with Crippen molar-refractivity contribution in [2.24, 2.45) is 0 Å². The van der Waals surface area contributed by atoms with E-state index in [0.29, 0.717) is 0 Å². The van der Waals surface area contributed by atoms with E-state index in [9.17, 15) is 0 Å². The quantitative estimate of drug-likeness (QED) is 0.632. The molecule has 0 radical (unpaired) electrons. The second kappa shape index (κ2) is 4.63. The average Bonchev–Trinajstić information content (AvgIpc) is 2.39. The van der Waals surface area contributed by atoms with E-state index >= 15 is 0 Å². The SMILES string of the molecule is CC(C)N1CCC2CCCCN2CC1. The Balaban J connectivity index is 1.92. The molecular formula is C12H24N2. The number of hydrogen-bond donors (Lipinski definition) is 0. The molecule has 82 valence electrons. The predicted molar refractivity (Wildman–Crippen MR) is 60.5 cm³/mol. The second-order valence-corrected chi connectivity index (χ2v) is 5.10. The Morgan fingerprint density at radius 1 is 0.929 bits per heavy atom. The molecule has 0 amide bonds. The van der Waals surface area contributed by atoms with Crippen molar-refractivity contribution in [3.63, 3.8) is 0 Å². The molecule has 2 aliphatic heterocycles. The Morgan fingerprint density at radius 2 is 1.79 bits per heavy atom. The van der Waals surface area contributed by atoms with E-state index in [-0.39, 0.29) is 0 Å². The minimum Gasteiger partial charge on any atom is -0.300 e. The Kier molecular flexibility index (Phi) is 3.45. The summed E-state index contributed by atoms with van der Waals surface area (Å²) >= 11 is 0. The van der Waals surface area contributed by atoms with E-state index < -0.39 is 0 Å². The normalized spacial score (nSPS) is 31.5. The monoisotopic (exact) mass is 196 g/mol. The van der Waals surface area contributed by atoms with Crippen LogP contribution in [-0.2, 0) is 0 Å². The standard InChI is InChI=1S/C12H24N2/c1-11(2)13-8-6-12-5-3-4-7-14(12)10-9-13/h11-12H,3-10H2,1-2H3. The zero-order valence-corrected chi connectivity index (χ0v) is 9.71. The van der Waals surface area contributed by atoms with Crippen molar-refractivity contribution in [2.45, 2.75) is 51.6 Å². The van der Waals surface area contributed by atoms with Gasteiger partial charge in [0.05, 0.1) is 0 Å². The van der Waals surface area contributed by atoms with Gasteiger partial charge in [-0.1, -0.05) is 6.42 Å². The van der Waals surface area contributed by atoms with Crippen LogP contribution in [0, 0.1) is 0 Å². The summed E-state index contributed by atoms with van der Waals surface area (Å²) < 4.78 is 0. The fraction of sp³-hybridized carbons (Fsp3) is 1.00. The second-order valence-electron chi connectivity index (χ2n) is 5.10. The molecule has 0 aliphatic carbocycles. The van der Waals surface area contributed by atoms with Crippen LogP contribution >= 0.6 is 0 Å². The van der Waals surface area contributed by atoms with Gasteiger partial charge in [0, 0.05) is 25.2 Å². The summed E-state index contributed by atoms with van der Waals surface area (Å²) in [6.07, 6.45) is 5.74. The number of hydrogen-bond acceptors (Lipinski definition) is 2. The maximum absolute atomic E-state index is 2.73. The van der Waals surface area contributed by atoms with Gasteiger partial charge in [-0.15, -0.1) is 0 Å². The van der Waals surface area contributed by atoms with E-state index in [2.05, 4.69) is 23.6 Å². The van der Waals surface area contributed by atoms with Crippen LogP contribution in [0.5, 0.6) is 0 Å². The molecule has 2 fully saturated rings. The lowest BCUT2D eigenvalue weighted by atomic mass is 10.00. The molecular weight excluding hydrogens is 172 g/mol. The largest absolute Gasteiger partial charge is 0.300 e. The van der Waals surface area contributed by atoms with E-state index in [1.807, 2.05) is 0 Å². The molecule has 2 aliphatic rings. The van der Waals surface area contributed by atoms with Gasteiger partial charge in [-0.3, -0.25) is 9.80 Å². The Hall–Kier alpha value is -0.0800. The van der Waals surface area contributed by atoms with Crippen molar-refractivity contribution in [1.82, 2.24) is 9.80 Å². The third-order valence-electron chi connectivity index (χ3n) is 3.90. The molecule has 2 nitrogen and oxygen atoms in total. The summed E-state index contributed by atoms with van der Waals surface area (Å²) in [5.41, 5.74) is 0. The fourth-order valence-electron chi connectivity index (χ4n) is 2.88. The highest BCUT2D eigenvalue weighted by Gasteiger charge is 2.26. The molecule has 2 heterocycles. The van der Waals surface area contributed by atoms with Crippen molar-refractivity contribution < 1.29 is 0 Å². The molecule has 14 heavy (non-hydrogen) atoms. The first-order valence-corrected chi connectivity index (χ1v) is 6.25. The Morgan fingerprint density at radius 3 is 2.57 bits per heavy atom. The maximum Gasteiger partial charge on any atom is 0.0112 e. The van der Waals surface area contributed by atoms with Crippen LogP contribution in [0.3, 0.4) is 0 Å². The van der Waals surface area contributed by atoms with Crippen molar-refractivity contribution >= 4 is 0 Å². The maximum atomic E-state index is 2.73. The van der Waals surface area contributed by atoms with Crippen LogP contribution in [-0.4, -0.2) is 48.1 Å². The van der Waals surface area contributed by atoms with E-state index in [1.165, 1.54) is 51.9 Å².